The molecule has 6 nitrogen and oxygen atoms in total. The maximum absolute atomic E-state index is 6.89. The van der Waals surface area contributed by atoms with Gasteiger partial charge in [-0.1, -0.05) is 158 Å². The van der Waals surface area contributed by atoms with Crippen molar-refractivity contribution in [1.29, 1.82) is 0 Å². The lowest BCUT2D eigenvalue weighted by Crippen LogP contribution is -2.10. The van der Waals surface area contributed by atoms with Gasteiger partial charge in [-0.2, -0.15) is 0 Å². The summed E-state index contributed by atoms with van der Waals surface area (Å²) in [5.41, 5.74) is 16.5. The summed E-state index contributed by atoms with van der Waals surface area (Å²) in [4.78, 5) is 4.67. The van der Waals surface area contributed by atoms with E-state index in [-0.39, 0.29) is 0 Å². The lowest BCUT2D eigenvalue weighted by molar-refractivity contribution is 0.668. The van der Waals surface area contributed by atoms with Crippen molar-refractivity contribution in [2.75, 3.05) is 9.80 Å². The van der Waals surface area contributed by atoms with E-state index in [1.54, 1.807) is 0 Å². The van der Waals surface area contributed by atoms with Gasteiger partial charge < -0.3 is 27.8 Å². The number of benzene rings is 14. The molecule has 0 aliphatic carbocycles. The monoisotopic (exact) mass is 1070 g/mol. The average molecular weight is 1070 g/mol. The molecule has 0 saturated carbocycles. The fraction of sp³-hybridized carbons (Fsp3) is 0. The van der Waals surface area contributed by atoms with E-state index in [1.807, 2.05) is 0 Å². The molecule has 0 amide bonds. The zero-order chi connectivity index (χ0) is 55.0. The fourth-order valence-electron chi connectivity index (χ4n) is 13.6. The first-order valence-corrected chi connectivity index (χ1v) is 28.6. The largest absolute Gasteiger partial charge is 0.456 e. The summed E-state index contributed by atoms with van der Waals surface area (Å²) in [6.45, 7) is 0. The number of aromatic nitrogens is 2. The van der Waals surface area contributed by atoms with E-state index in [0.29, 0.717) is 0 Å². The summed E-state index contributed by atoms with van der Waals surface area (Å²) in [5, 5.41) is 16.2. The lowest BCUT2D eigenvalue weighted by atomic mass is 10.0. The Balaban J connectivity index is 0.742. The van der Waals surface area contributed by atoms with Crippen LogP contribution in [0.2, 0.25) is 0 Å². The average Bonchev–Trinajstić information content (AvgIpc) is 2.88. The molecule has 0 fully saturated rings. The molecule has 392 valence electrons. The normalized spacial score (nSPS) is 12.0. The van der Waals surface area contributed by atoms with Crippen LogP contribution < -0.4 is 9.80 Å². The van der Waals surface area contributed by atoms with Gasteiger partial charge in [0.2, 0.25) is 0 Å². The second kappa shape index (κ2) is 18.1. The van der Waals surface area contributed by atoms with E-state index in [2.05, 4.69) is 310 Å². The number of furan rings is 2. The molecule has 0 saturated heterocycles. The highest BCUT2D eigenvalue weighted by Gasteiger charge is 2.23. The Labute approximate surface area is 481 Å². The number of hydrogen-bond acceptors (Lipinski definition) is 4. The van der Waals surface area contributed by atoms with Crippen LogP contribution >= 0.6 is 0 Å². The lowest BCUT2D eigenvalue weighted by Gasteiger charge is -2.25. The Kier molecular flexibility index (Phi) is 9.99. The van der Waals surface area contributed by atoms with Gasteiger partial charge in [0.05, 0.1) is 22.1 Å². The summed E-state index contributed by atoms with van der Waals surface area (Å²) in [6.07, 6.45) is 0. The standard InChI is InChI=1S/C78H48N4O2/c1-5-19-53(20-6-1)79(57-31-37-63-67-35-29-49-17-13-15-27-61(49)77(67)81(71(63)45-57)55-23-9-3-10-24-55)59-33-39-65-69-41-51-44-74-70(42-52(51)43-73(69)83-75(65)47-59)66-40-34-60(48-76(66)84-74)80(54-21-7-2-8-22-54)58-32-38-64-68-36-30-50-18-14-16-28-62(50)78(68)82(72(64)46-58)56-25-11-4-12-26-56/h1-48H. The van der Waals surface area contributed by atoms with Gasteiger partial charge >= 0.3 is 0 Å². The van der Waals surface area contributed by atoms with E-state index in [0.717, 1.165) is 111 Å². The smallest absolute Gasteiger partial charge is 0.137 e. The second-order valence-electron chi connectivity index (χ2n) is 22.1. The van der Waals surface area contributed by atoms with Crippen molar-refractivity contribution >= 4 is 154 Å². The summed E-state index contributed by atoms with van der Waals surface area (Å²) in [5.74, 6) is 0. The van der Waals surface area contributed by atoms with Crippen LogP contribution in [0.3, 0.4) is 0 Å². The van der Waals surface area contributed by atoms with Gasteiger partial charge in [0.15, 0.2) is 0 Å². The van der Waals surface area contributed by atoms with Gasteiger partial charge in [-0.3, -0.25) is 0 Å². The summed E-state index contributed by atoms with van der Waals surface area (Å²) in [6, 6.07) is 105. The van der Waals surface area contributed by atoms with Gasteiger partial charge in [-0.05, 0) is 143 Å². The van der Waals surface area contributed by atoms with E-state index in [1.165, 1.54) is 54.1 Å². The third-order valence-electron chi connectivity index (χ3n) is 17.4. The van der Waals surface area contributed by atoms with Gasteiger partial charge in [0.1, 0.15) is 22.3 Å². The topological polar surface area (TPSA) is 42.6 Å². The Bertz CT molecular complexity index is 5330. The Morgan fingerprint density at radius 1 is 0.214 bits per heavy atom. The second-order valence-corrected chi connectivity index (χ2v) is 22.1. The maximum atomic E-state index is 6.89. The Hall–Kier alpha value is -11.3. The predicted molar refractivity (Wildman–Crippen MR) is 352 cm³/mol. The first-order chi connectivity index (χ1) is 41.6. The van der Waals surface area contributed by atoms with Gasteiger partial charge in [-0.15, -0.1) is 0 Å². The van der Waals surface area contributed by atoms with E-state index in [9.17, 15) is 0 Å². The maximum Gasteiger partial charge on any atom is 0.137 e. The molecule has 0 spiro atoms. The van der Waals surface area contributed by atoms with Crippen LogP contribution in [0.4, 0.5) is 34.1 Å². The van der Waals surface area contributed by atoms with Crippen LogP contribution in [-0.4, -0.2) is 9.13 Å². The van der Waals surface area contributed by atoms with Crippen molar-refractivity contribution in [2.24, 2.45) is 0 Å². The van der Waals surface area contributed by atoms with Crippen molar-refractivity contribution < 1.29 is 8.83 Å². The molecule has 0 aliphatic rings. The molecule has 0 N–H and O–H groups in total. The van der Waals surface area contributed by atoms with Crippen LogP contribution in [0.1, 0.15) is 0 Å². The van der Waals surface area contributed by atoms with Crippen LogP contribution in [0.15, 0.2) is 300 Å². The summed E-state index contributed by atoms with van der Waals surface area (Å²) in [7, 11) is 0. The van der Waals surface area contributed by atoms with Crippen molar-refractivity contribution in [3.05, 3.63) is 291 Å². The molecule has 4 aromatic heterocycles. The minimum Gasteiger partial charge on any atom is -0.456 e. The van der Waals surface area contributed by atoms with Gasteiger partial charge in [0.25, 0.3) is 0 Å². The van der Waals surface area contributed by atoms with E-state index in [4.69, 9.17) is 8.83 Å². The van der Waals surface area contributed by atoms with Crippen LogP contribution in [0.5, 0.6) is 0 Å². The fourth-order valence-corrected chi connectivity index (χ4v) is 13.6. The molecule has 6 heteroatoms. The van der Waals surface area contributed by atoms with Crippen molar-refractivity contribution in [3.63, 3.8) is 0 Å². The zero-order valence-electron chi connectivity index (χ0n) is 45.3. The molecule has 0 atom stereocenters. The molecular formula is C78H48N4O2. The summed E-state index contributed by atoms with van der Waals surface area (Å²) >= 11 is 0. The molecular weight excluding hydrogens is 1020 g/mol. The summed E-state index contributed by atoms with van der Waals surface area (Å²) < 4.78 is 18.6. The zero-order valence-corrected chi connectivity index (χ0v) is 45.3. The number of hydrogen-bond donors (Lipinski definition) is 0. The Morgan fingerprint density at radius 3 is 0.988 bits per heavy atom. The molecule has 0 aliphatic heterocycles. The van der Waals surface area contributed by atoms with Gasteiger partial charge in [0, 0.05) is 111 Å². The van der Waals surface area contributed by atoms with E-state index < -0.39 is 0 Å². The van der Waals surface area contributed by atoms with Crippen molar-refractivity contribution in [2.45, 2.75) is 0 Å². The van der Waals surface area contributed by atoms with Crippen molar-refractivity contribution in [3.8, 4) is 11.4 Å². The SMILES string of the molecule is c1ccc(N(c2ccc3c(c2)oc2cc4cc5c(cc4cc23)oc2cc(N(c3ccccc3)c3ccc4c6ccc7ccccc7c6n(-c6ccccc6)c4c3)ccc25)c2ccc3c4ccc5ccccc5c4n(-c4ccccc4)c3c2)cc1. The first kappa shape index (κ1) is 46.4. The van der Waals surface area contributed by atoms with Crippen LogP contribution in [-0.2, 0) is 0 Å². The van der Waals surface area contributed by atoms with Crippen molar-refractivity contribution in [1.82, 2.24) is 9.13 Å². The first-order valence-electron chi connectivity index (χ1n) is 28.6. The van der Waals surface area contributed by atoms with Crippen LogP contribution in [0.25, 0.3) is 131 Å². The molecule has 18 rings (SSSR count). The molecule has 84 heavy (non-hydrogen) atoms. The van der Waals surface area contributed by atoms with E-state index >= 15 is 0 Å². The minimum atomic E-state index is 0.823. The number of rotatable bonds is 8. The highest BCUT2D eigenvalue weighted by Crippen LogP contribution is 2.46. The minimum absolute atomic E-state index is 0.823. The third-order valence-corrected chi connectivity index (χ3v) is 17.4. The molecule has 14 aromatic carbocycles. The molecule has 0 bridgehead atoms. The number of para-hydroxylation sites is 4. The number of anilines is 6. The number of nitrogens with zero attached hydrogens (tertiary/aromatic N) is 4. The molecule has 0 unspecified atom stereocenters. The highest BCUT2D eigenvalue weighted by atomic mass is 16.3. The van der Waals surface area contributed by atoms with Crippen LogP contribution in [0, 0.1) is 0 Å². The molecule has 0 radical (unpaired) electrons. The van der Waals surface area contributed by atoms with Gasteiger partial charge in [-0.25, -0.2) is 0 Å². The highest BCUT2D eigenvalue weighted by molar-refractivity contribution is 6.21. The Morgan fingerprint density at radius 2 is 0.560 bits per heavy atom. The third kappa shape index (κ3) is 7.04. The predicted octanol–water partition coefficient (Wildman–Crippen LogP) is 22.1. The molecule has 18 aromatic rings. The molecule has 4 heterocycles. The quantitative estimate of drug-likeness (QED) is 0.152. The number of fused-ring (bicyclic) bond motifs is 17.